The molecule has 0 aliphatic carbocycles. The van der Waals surface area contributed by atoms with Gasteiger partial charge in [-0.05, 0) is 41.7 Å². The fraction of sp³-hybridized carbons (Fsp3) is 0.286. The van der Waals surface area contributed by atoms with E-state index in [2.05, 4.69) is 10.6 Å². The lowest BCUT2D eigenvalue weighted by atomic mass is 10.1. The maximum absolute atomic E-state index is 13.3. The number of hydrogen-bond donors (Lipinski definition) is 3. The van der Waals surface area contributed by atoms with Gasteiger partial charge in [-0.15, -0.1) is 0 Å². The number of primary amides is 1. The lowest BCUT2D eigenvalue weighted by molar-refractivity contribution is -0.131. The van der Waals surface area contributed by atoms with Crippen LogP contribution in [0.15, 0.2) is 48.5 Å². The molecule has 0 saturated carbocycles. The van der Waals surface area contributed by atoms with Crippen molar-refractivity contribution >= 4 is 29.5 Å². The minimum atomic E-state index is -1.05. The summed E-state index contributed by atoms with van der Waals surface area (Å²) in [6.07, 6.45) is 1.86. The van der Waals surface area contributed by atoms with Gasteiger partial charge in [-0.25, -0.2) is 8.78 Å². The van der Waals surface area contributed by atoms with Gasteiger partial charge in [-0.2, -0.15) is 11.8 Å². The zero-order chi connectivity index (χ0) is 22.1. The van der Waals surface area contributed by atoms with E-state index in [-0.39, 0.29) is 12.0 Å². The molecule has 2 rings (SSSR count). The number of carbonyl (C=O) groups is 3. The molecular weight excluding hydrogens is 412 g/mol. The van der Waals surface area contributed by atoms with Crippen molar-refractivity contribution in [3.05, 3.63) is 71.3 Å². The Labute approximate surface area is 177 Å². The number of nitrogens with one attached hydrogen (secondary N) is 2. The van der Waals surface area contributed by atoms with E-state index in [1.54, 1.807) is 30.3 Å². The summed E-state index contributed by atoms with van der Waals surface area (Å²) >= 11 is 1.48. The highest BCUT2D eigenvalue weighted by molar-refractivity contribution is 7.98. The predicted molar refractivity (Wildman–Crippen MR) is 112 cm³/mol. The van der Waals surface area contributed by atoms with E-state index in [9.17, 15) is 23.2 Å². The van der Waals surface area contributed by atoms with E-state index in [1.165, 1.54) is 11.8 Å². The van der Waals surface area contributed by atoms with Gasteiger partial charge in [-0.1, -0.05) is 30.3 Å². The molecule has 0 aliphatic heterocycles. The second-order valence-electron chi connectivity index (χ2n) is 6.61. The van der Waals surface area contributed by atoms with E-state index >= 15 is 0 Å². The van der Waals surface area contributed by atoms with Crippen molar-refractivity contribution < 1.29 is 23.2 Å². The summed E-state index contributed by atoms with van der Waals surface area (Å²) in [5.41, 5.74) is 6.10. The zero-order valence-electron chi connectivity index (χ0n) is 16.4. The molecule has 3 amide bonds. The molecule has 0 aliphatic rings. The summed E-state index contributed by atoms with van der Waals surface area (Å²) in [5, 5.41) is 5.15. The van der Waals surface area contributed by atoms with Crippen LogP contribution in [-0.2, 0) is 20.8 Å². The Hall–Kier alpha value is -2.94. The summed E-state index contributed by atoms with van der Waals surface area (Å²) < 4.78 is 26.7. The van der Waals surface area contributed by atoms with E-state index in [0.29, 0.717) is 23.8 Å². The largest absolute Gasteiger partial charge is 0.368 e. The maximum atomic E-state index is 13.3. The number of benzene rings is 2. The van der Waals surface area contributed by atoms with Crippen LogP contribution in [0.3, 0.4) is 0 Å². The Morgan fingerprint density at radius 3 is 2.23 bits per heavy atom. The highest BCUT2D eigenvalue weighted by Crippen LogP contribution is 2.13. The molecule has 2 atom stereocenters. The van der Waals surface area contributed by atoms with Gasteiger partial charge in [0.1, 0.15) is 23.7 Å². The van der Waals surface area contributed by atoms with Crippen LogP contribution >= 0.6 is 11.8 Å². The zero-order valence-corrected chi connectivity index (χ0v) is 17.2. The average Bonchev–Trinajstić information content (AvgIpc) is 2.68. The van der Waals surface area contributed by atoms with Crippen molar-refractivity contribution in [1.29, 1.82) is 0 Å². The molecule has 6 nitrogen and oxygen atoms in total. The quantitative estimate of drug-likeness (QED) is 0.532. The lowest BCUT2D eigenvalue weighted by Crippen LogP contribution is -2.50. The molecule has 160 valence electrons. The van der Waals surface area contributed by atoms with Crippen LogP contribution in [0.25, 0.3) is 0 Å². The summed E-state index contributed by atoms with van der Waals surface area (Å²) in [6, 6.07) is 9.33. The molecule has 9 heteroatoms. The first-order valence-electron chi connectivity index (χ1n) is 9.18. The molecule has 0 bridgehead atoms. The molecular formula is C21H23F2N3O3S. The highest BCUT2D eigenvalue weighted by Gasteiger charge is 2.26. The smallest absolute Gasteiger partial charge is 0.244 e. The van der Waals surface area contributed by atoms with Crippen molar-refractivity contribution in [2.45, 2.75) is 24.9 Å². The van der Waals surface area contributed by atoms with Crippen LogP contribution in [0.2, 0.25) is 0 Å². The molecule has 2 aromatic rings. The minimum absolute atomic E-state index is 0.147. The van der Waals surface area contributed by atoms with Crippen molar-refractivity contribution in [2.24, 2.45) is 5.73 Å². The summed E-state index contributed by atoms with van der Waals surface area (Å²) in [6.45, 7) is 0. The van der Waals surface area contributed by atoms with Crippen molar-refractivity contribution in [2.75, 3.05) is 12.0 Å². The fourth-order valence-electron chi connectivity index (χ4n) is 2.86. The molecule has 0 saturated heterocycles. The minimum Gasteiger partial charge on any atom is -0.368 e. The molecule has 2 aromatic carbocycles. The Bertz CT molecular complexity index is 876. The Morgan fingerprint density at radius 1 is 1.03 bits per heavy atom. The molecule has 0 aromatic heterocycles. The van der Waals surface area contributed by atoms with Gasteiger partial charge >= 0.3 is 0 Å². The summed E-state index contributed by atoms with van der Waals surface area (Å²) in [5.74, 6) is -2.89. The standard InChI is InChI=1S/C21H23F2N3O3S/c1-30-8-7-17(25-18(27)11-13-9-15(22)12-16(23)10-13)21(29)26-19(20(24)28)14-5-3-2-4-6-14/h2-6,9-10,12,17,19H,7-8,11H2,1H3,(H2,24,28)(H,25,27)(H,26,29)/t17-,19-/m0/s1. The first kappa shape index (κ1) is 23.3. The number of rotatable bonds is 10. The van der Waals surface area contributed by atoms with Crippen molar-refractivity contribution in [3.63, 3.8) is 0 Å². The van der Waals surface area contributed by atoms with Crippen LogP contribution in [0.4, 0.5) is 8.78 Å². The van der Waals surface area contributed by atoms with Gasteiger partial charge in [0.25, 0.3) is 0 Å². The normalized spacial score (nSPS) is 12.6. The highest BCUT2D eigenvalue weighted by atomic mass is 32.2. The van der Waals surface area contributed by atoms with Gasteiger partial charge < -0.3 is 16.4 Å². The predicted octanol–water partition coefficient (Wildman–Crippen LogP) is 2.09. The van der Waals surface area contributed by atoms with Gasteiger partial charge in [0.15, 0.2) is 0 Å². The van der Waals surface area contributed by atoms with Crippen molar-refractivity contribution in [1.82, 2.24) is 10.6 Å². The third-order valence-corrected chi connectivity index (χ3v) is 4.90. The number of thioether (sulfide) groups is 1. The molecule has 0 unspecified atom stereocenters. The molecule has 0 spiro atoms. The van der Waals surface area contributed by atoms with Gasteiger partial charge in [0, 0.05) is 6.07 Å². The number of amides is 3. The van der Waals surface area contributed by atoms with Crippen LogP contribution in [-0.4, -0.2) is 35.8 Å². The van der Waals surface area contributed by atoms with Crippen LogP contribution < -0.4 is 16.4 Å². The number of hydrogen-bond acceptors (Lipinski definition) is 4. The molecule has 0 fully saturated rings. The number of halogens is 2. The molecule has 0 heterocycles. The van der Waals surface area contributed by atoms with Crippen LogP contribution in [0.5, 0.6) is 0 Å². The first-order chi connectivity index (χ1) is 14.3. The molecule has 4 N–H and O–H groups in total. The van der Waals surface area contributed by atoms with Gasteiger partial charge in [0.05, 0.1) is 6.42 Å². The lowest BCUT2D eigenvalue weighted by Gasteiger charge is -2.22. The second kappa shape index (κ2) is 11.3. The van der Waals surface area contributed by atoms with Gasteiger partial charge in [-0.3, -0.25) is 14.4 Å². The van der Waals surface area contributed by atoms with Crippen molar-refractivity contribution in [3.8, 4) is 0 Å². The Kier molecular flexibility index (Phi) is 8.79. The number of nitrogens with two attached hydrogens (primary N) is 1. The van der Waals surface area contributed by atoms with E-state index in [1.807, 2.05) is 6.26 Å². The average molecular weight is 435 g/mol. The molecule has 0 radical (unpaired) electrons. The second-order valence-corrected chi connectivity index (χ2v) is 7.60. The van der Waals surface area contributed by atoms with Gasteiger partial charge in [0.2, 0.25) is 17.7 Å². The fourth-order valence-corrected chi connectivity index (χ4v) is 3.33. The first-order valence-corrected chi connectivity index (χ1v) is 10.6. The third-order valence-electron chi connectivity index (χ3n) is 4.25. The van der Waals surface area contributed by atoms with E-state index in [0.717, 1.165) is 12.1 Å². The van der Waals surface area contributed by atoms with E-state index in [4.69, 9.17) is 5.73 Å². The van der Waals surface area contributed by atoms with Crippen LogP contribution in [0.1, 0.15) is 23.6 Å². The number of carbonyl (C=O) groups excluding carboxylic acids is 3. The maximum Gasteiger partial charge on any atom is 0.244 e. The Morgan fingerprint density at radius 2 is 1.67 bits per heavy atom. The third kappa shape index (κ3) is 7.14. The Balaban J connectivity index is 2.10. The topological polar surface area (TPSA) is 101 Å². The summed E-state index contributed by atoms with van der Waals surface area (Å²) in [4.78, 5) is 37.0. The monoisotopic (exact) mass is 435 g/mol. The van der Waals surface area contributed by atoms with E-state index < -0.39 is 41.4 Å². The molecule has 30 heavy (non-hydrogen) atoms. The SMILES string of the molecule is CSCC[C@H](NC(=O)Cc1cc(F)cc(F)c1)C(=O)N[C@H](C(N)=O)c1ccccc1. The van der Waals surface area contributed by atoms with Crippen LogP contribution in [0, 0.1) is 11.6 Å². The summed E-state index contributed by atoms with van der Waals surface area (Å²) in [7, 11) is 0.